The first-order valence-corrected chi connectivity index (χ1v) is 8.35. The van der Waals surface area contributed by atoms with Gasteiger partial charge in [-0.3, -0.25) is 9.78 Å². The van der Waals surface area contributed by atoms with E-state index in [0.29, 0.717) is 16.9 Å². The number of aromatic nitrogens is 1. The third-order valence-electron chi connectivity index (χ3n) is 5.13. The maximum atomic E-state index is 12.3. The van der Waals surface area contributed by atoms with E-state index >= 15 is 0 Å². The van der Waals surface area contributed by atoms with Crippen LogP contribution in [-0.2, 0) is 0 Å². The van der Waals surface area contributed by atoms with Crippen LogP contribution < -0.4 is 5.32 Å². The lowest BCUT2D eigenvalue weighted by Crippen LogP contribution is -2.33. The van der Waals surface area contributed by atoms with E-state index in [9.17, 15) is 4.79 Å². The molecule has 1 fully saturated rings. The normalized spacial score (nSPS) is 19.5. The predicted molar refractivity (Wildman–Crippen MR) is 93.1 cm³/mol. The Bertz CT molecular complexity index is 662. The molecular weight excluding hydrogens is 284 g/mol. The summed E-state index contributed by atoms with van der Waals surface area (Å²) in [6.45, 7) is 5.38. The van der Waals surface area contributed by atoms with Crippen molar-refractivity contribution in [3.63, 3.8) is 0 Å². The number of rotatable bonds is 4. The number of benzene rings is 1. The highest BCUT2D eigenvalue weighted by molar-refractivity contribution is 5.94. The Balaban J connectivity index is 1.62. The van der Waals surface area contributed by atoms with Crippen LogP contribution in [0.5, 0.6) is 0 Å². The molecule has 2 aromatic rings. The summed E-state index contributed by atoms with van der Waals surface area (Å²) < 4.78 is 0. The van der Waals surface area contributed by atoms with Gasteiger partial charge in [-0.1, -0.05) is 38.5 Å². The summed E-state index contributed by atoms with van der Waals surface area (Å²) in [6, 6.07) is 11.7. The zero-order valence-electron chi connectivity index (χ0n) is 13.9. The summed E-state index contributed by atoms with van der Waals surface area (Å²) in [4.78, 5) is 16.5. The second kappa shape index (κ2) is 6.53. The molecular formula is C20H24N2O. The van der Waals surface area contributed by atoms with Gasteiger partial charge in [-0.15, -0.1) is 0 Å². The fraction of sp³-hybridized carbons (Fsp3) is 0.400. The van der Waals surface area contributed by atoms with E-state index in [-0.39, 0.29) is 5.91 Å². The van der Waals surface area contributed by atoms with Crippen LogP contribution in [0, 0.1) is 11.3 Å². The molecule has 1 N–H and O–H groups in total. The molecule has 0 radical (unpaired) electrons. The van der Waals surface area contributed by atoms with Crippen LogP contribution in [0.1, 0.15) is 43.5 Å². The minimum Gasteiger partial charge on any atom is -0.352 e. The first-order valence-electron chi connectivity index (χ1n) is 8.35. The zero-order chi connectivity index (χ0) is 16.3. The van der Waals surface area contributed by atoms with E-state index in [4.69, 9.17) is 0 Å². The van der Waals surface area contributed by atoms with Gasteiger partial charge in [-0.05, 0) is 53.5 Å². The fourth-order valence-electron chi connectivity index (χ4n) is 3.44. The van der Waals surface area contributed by atoms with Crippen molar-refractivity contribution < 1.29 is 4.79 Å². The molecule has 1 aliphatic rings. The molecule has 0 spiro atoms. The quantitative estimate of drug-likeness (QED) is 0.914. The summed E-state index contributed by atoms with van der Waals surface area (Å²) >= 11 is 0. The summed E-state index contributed by atoms with van der Waals surface area (Å²) in [7, 11) is 0. The number of carbonyl (C=O) groups is 1. The summed E-state index contributed by atoms with van der Waals surface area (Å²) in [6.07, 6.45) is 7.33. The van der Waals surface area contributed by atoms with Crippen LogP contribution >= 0.6 is 0 Å². The van der Waals surface area contributed by atoms with Gasteiger partial charge < -0.3 is 5.32 Å². The first-order chi connectivity index (χ1) is 11.1. The lowest BCUT2D eigenvalue weighted by atomic mass is 9.82. The average molecular weight is 308 g/mol. The molecule has 3 nitrogen and oxygen atoms in total. The van der Waals surface area contributed by atoms with Crippen LogP contribution in [0.3, 0.4) is 0 Å². The van der Waals surface area contributed by atoms with E-state index < -0.39 is 0 Å². The maximum absolute atomic E-state index is 12.3. The largest absolute Gasteiger partial charge is 0.352 e. The standard InChI is InChI=1S/C20H24N2O/c1-20(2)11-3-6-18(20)14-22-19(23)16-9-7-15(8-10-16)17-5-4-12-21-13-17/h4-5,7-10,12-13,18H,3,6,11,14H2,1-2H3,(H,22,23). The van der Waals surface area contributed by atoms with Gasteiger partial charge >= 0.3 is 0 Å². The highest BCUT2D eigenvalue weighted by atomic mass is 16.1. The first kappa shape index (κ1) is 15.7. The molecule has 3 heteroatoms. The second-order valence-corrected chi connectivity index (χ2v) is 7.11. The summed E-state index contributed by atoms with van der Waals surface area (Å²) in [5.74, 6) is 0.603. The molecule has 23 heavy (non-hydrogen) atoms. The lowest BCUT2D eigenvalue weighted by molar-refractivity contribution is 0.0937. The van der Waals surface area contributed by atoms with E-state index in [2.05, 4.69) is 24.1 Å². The van der Waals surface area contributed by atoms with E-state index in [1.807, 2.05) is 42.6 Å². The molecule has 1 aliphatic carbocycles. The Hall–Kier alpha value is -2.16. The van der Waals surface area contributed by atoms with Gasteiger partial charge in [0.05, 0.1) is 0 Å². The smallest absolute Gasteiger partial charge is 0.251 e. The average Bonchev–Trinajstić information content (AvgIpc) is 2.92. The van der Waals surface area contributed by atoms with Gasteiger partial charge in [-0.25, -0.2) is 0 Å². The third-order valence-corrected chi connectivity index (χ3v) is 5.13. The molecule has 1 aromatic heterocycles. The molecule has 0 saturated heterocycles. The van der Waals surface area contributed by atoms with Crippen molar-refractivity contribution in [3.8, 4) is 11.1 Å². The molecule has 1 saturated carbocycles. The number of hydrogen-bond acceptors (Lipinski definition) is 2. The van der Waals surface area contributed by atoms with E-state index in [1.165, 1.54) is 19.3 Å². The lowest BCUT2D eigenvalue weighted by Gasteiger charge is -2.27. The van der Waals surface area contributed by atoms with Gasteiger partial charge in [0, 0.05) is 24.5 Å². The van der Waals surface area contributed by atoms with Crippen molar-refractivity contribution in [2.75, 3.05) is 6.54 Å². The van der Waals surface area contributed by atoms with Gasteiger partial charge in [0.15, 0.2) is 0 Å². The monoisotopic (exact) mass is 308 g/mol. The van der Waals surface area contributed by atoms with Crippen molar-refractivity contribution in [3.05, 3.63) is 54.4 Å². The van der Waals surface area contributed by atoms with Crippen molar-refractivity contribution in [1.82, 2.24) is 10.3 Å². The van der Waals surface area contributed by atoms with E-state index in [1.54, 1.807) is 6.20 Å². The Kier molecular flexibility index (Phi) is 4.46. The summed E-state index contributed by atoms with van der Waals surface area (Å²) in [5.41, 5.74) is 3.20. The van der Waals surface area contributed by atoms with Crippen LogP contribution in [0.15, 0.2) is 48.8 Å². The SMILES string of the molecule is CC1(C)CCCC1CNC(=O)c1ccc(-c2cccnc2)cc1. The highest BCUT2D eigenvalue weighted by Crippen LogP contribution is 2.42. The Labute approximate surface area is 138 Å². The number of nitrogens with zero attached hydrogens (tertiary/aromatic N) is 1. The molecule has 1 aromatic carbocycles. The van der Waals surface area contributed by atoms with Crippen molar-refractivity contribution in [2.24, 2.45) is 11.3 Å². The predicted octanol–water partition coefficient (Wildman–Crippen LogP) is 4.30. The number of pyridine rings is 1. The van der Waals surface area contributed by atoms with E-state index in [0.717, 1.165) is 17.7 Å². The molecule has 0 aliphatic heterocycles. The van der Waals surface area contributed by atoms with Gasteiger partial charge in [0.1, 0.15) is 0 Å². The second-order valence-electron chi connectivity index (χ2n) is 7.11. The topological polar surface area (TPSA) is 42.0 Å². The van der Waals surface area contributed by atoms with Crippen molar-refractivity contribution in [2.45, 2.75) is 33.1 Å². The molecule has 1 unspecified atom stereocenters. The Morgan fingerprint density at radius 3 is 2.61 bits per heavy atom. The zero-order valence-corrected chi connectivity index (χ0v) is 13.9. The van der Waals surface area contributed by atoms with Crippen LogP contribution in [0.2, 0.25) is 0 Å². The van der Waals surface area contributed by atoms with Crippen LogP contribution in [0.25, 0.3) is 11.1 Å². The molecule has 120 valence electrons. The minimum atomic E-state index is 0.0189. The Morgan fingerprint density at radius 1 is 1.22 bits per heavy atom. The number of hydrogen-bond donors (Lipinski definition) is 1. The number of amides is 1. The fourth-order valence-corrected chi connectivity index (χ4v) is 3.44. The minimum absolute atomic E-state index is 0.0189. The molecule has 0 bridgehead atoms. The Morgan fingerprint density at radius 2 is 2.00 bits per heavy atom. The van der Waals surface area contributed by atoms with Crippen LogP contribution in [-0.4, -0.2) is 17.4 Å². The van der Waals surface area contributed by atoms with Crippen molar-refractivity contribution >= 4 is 5.91 Å². The molecule has 1 amide bonds. The molecule has 1 atom stereocenters. The van der Waals surface area contributed by atoms with Gasteiger partial charge in [0.25, 0.3) is 5.91 Å². The highest BCUT2D eigenvalue weighted by Gasteiger charge is 2.34. The maximum Gasteiger partial charge on any atom is 0.251 e. The van der Waals surface area contributed by atoms with Crippen LogP contribution in [0.4, 0.5) is 0 Å². The molecule has 3 rings (SSSR count). The number of nitrogens with one attached hydrogen (secondary N) is 1. The molecule has 1 heterocycles. The van der Waals surface area contributed by atoms with Gasteiger partial charge in [0.2, 0.25) is 0 Å². The summed E-state index contributed by atoms with van der Waals surface area (Å²) in [5, 5.41) is 3.10. The third kappa shape index (κ3) is 3.61. The van der Waals surface area contributed by atoms with Crippen molar-refractivity contribution in [1.29, 1.82) is 0 Å². The number of carbonyl (C=O) groups excluding carboxylic acids is 1. The van der Waals surface area contributed by atoms with Gasteiger partial charge in [-0.2, -0.15) is 0 Å².